The van der Waals surface area contributed by atoms with Crippen LogP contribution in [0.4, 0.5) is 0 Å². The minimum absolute atomic E-state index is 0.0941. The molecule has 4 rings (SSSR count). The van der Waals surface area contributed by atoms with Gasteiger partial charge in [-0.2, -0.15) is 0 Å². The van der Waals surface area contributed by atoms with Crippen LogP contribution in [0.2, 0.25) is 0 Å². The van der Waals surface area contributed by atoms with Crippen LogP contribution in [-0.4, -0.2) is 0 Å². The van der Waals surface area contributed by atoms with E-state index >= 15 is 0 Å². The van der Waals surface area contributed by atoms with E-state index in [9.17, 15) is 0 Å². The second kappa shape index (κ2) is 5.46. The first-order chi connectivity index (χ1) is 11.8. The molecule has 0 aliphatic heterocycles. The van der Waals surface area contributed by atoms with E-state index in [1.54, 1.807) is 0 Å². The fourth-order valence-electron chi connectivity index (χ4n) is 4.40. The van der Waals surface area contributed by atoms with E-state index in [1.807, 2.05) is 0 Å². The molecule has 25 heavy (non-hydrogen) atoms. The maximum Gasteiger partial charge on any atom is 0.00476 e. The van der Waals surface area contributed by atoms with Crippen molar-refractivity contribution in [2.45, 2.75) is 46.5 Å². The number of hydrogen-bond donors (Lipinski definition) is 0. The number of allylic oxidation sites excluding steroid dienone is 4. The standard InChI is InChI=1S/C25H28/c1-24(2,3)18-13-14-19(16-18)25(4,5)23-12-8-11-21-20-10-7-6-9-17(20)15-22(21)23/h6-14,16,19H,15H2,1-5H3. The first kappa shape index (κ1) is 16.4. The molecular weight excluding hydrogens is 300 g/mol. The summed E-state index contributed by atoms with van der Waals surface area (Å²) in [5.74, 6) is 0.455. The molecule has 0 saturated heterocycles. The number of rotatable bonds is 2. The summed E-state index contributed by atoms with van der Waals surface area (Å²) in [7, 11) is 0. The molecule has 0 heteroatoms. The quantitative estimate of drug-likeness (QED) is 0.491. The SMILES string of the molecule is CC(C)(C)C1=CC(C(C)(C)c2cccc3c2Cc2ccccc2-3)C=C1. The van der Waals surface area contributed by atoms with Crippen molar-refractivity contribution >= 4 is 0 Å². The molecule has 0 N–H and O–H groups in total. The second-order valence-electron chi connectivity index (χ2n) is 9.14. The maximum atomic E-state index is 2.49. The van der Waals surface area contributed by atoms with Crippen molar-refractivity contribution in [1.29, 1.82) is 0 Å². The fourth-order valence-corrected chi connectivity index (χ4v) is 4.40. The van der Waals surface area contributed by atoms with Gasteiger partial charge in [-0.05, 0) is 50.6 Å². The highest BCUT2D eigenvalue weighted by atomic mass is 14.4. The van der Waals surface area contributed by atoms with Gasteiger partial charge in [-0.15, -0.1) is 0 Å². The topological polar surface area (TPSA) is 0 Å². The Bertz CT molecular complexity index is 884. The highest BCUT2D eigenvalue weighted by molar-refractivity contribution is 5.78. The van der Waals surface area contributed by atoms with Crippen molar-refractivity contribution in [2.75, 3.05) is 0 Å². The normalized spacial score (nSPS) is 18.9. The second-order valence-corrected chi connectivity index (χ2v) is 9.14. The molecule has 0 fully saturated rings. The maximum absolute atomic E-state index is 2.49. The molecule has 0 radical (unpaired) electrons. The highest BCUT2D eigenvalue weighted by Gasteiger charge is 2.35. The van der Waals surface area contributed by atoms with Gasteiger partial charge in [-0.25, -0.2) is 0 Å². The van der Waals surface area contributed by atoms with E-state index in [1.165, 1.54) is 33.4 Å². The smallest absolute Gasteiger partial charge is 0.00476 e. The van der Waals surface area contributed by atoms with E-state index in [2.05, 4.69) is 95.3 Å². The molecule has 2 aliphatic carbocycles. The zero-order valence-corrected chi connectivity index (χ0v) is 16.1. The molecular formula is C25H28. The number of hydrogen-bond acceptors (Lipinski definition) is 0. The van der Waals surface area contributed by atoms with Crippen molar-refractivity contribution in [3.05, 3.63) is 83.0 Å². The van der Waals surface area contributed by atoms with Gasteiger partial charge in [0.05, 0.1) is 0 Å². The van der Waals surface area contributed by atoms with Crippen LogP contribution in [0, 0.1) is 11.3 Å². The van der Waals surface area contributed by atoms with Crippen molar-refractivity contribution in [2.24, 2.45) is 11.3 Å². The minimum atomic E-state index is 0.0941. The summed E-state index contributed by atoms with van der Waals surface area (Å²) in [4.78, 5) is 0. The van der Waals surface area contributed by atoms with E-state index in [4.69, 9.17) is 0 Å². The summed E-state index contributed by atoms with van der Waals surface area (Å²) >= 11 is 0. The third-order valence-corrected chi connectivity index (χ3v) is 6.09. The Morgan fingerprint density at radius 1 is 0.840 bits per heavy atom. The van der Waals surface area contributed by atoms with Gasteiger partial charge < -0.3 is 0 Å². The van der Waals surface area contributed by atoms with Crippen LogP contribution in [0.1, 0.15) is 51.3 Å². The van der Waals surface area contributed by atoms with Crippen molar-refractivity contribution in [3.63, 3.8) is 0 Å². The predicted molar refractivity (Wildman–Crippen MR) is 108 cm³/mol. The molecule has 1 unspecified atom stereocenters. The average Bonchev–Trinajstić information content (AvgIpc) is 3.19. The first-order valence-electron chi connectivity index (χ1n) is 9.39. The molecule has 0 amide bonds. The van der Waals surface area contributed by atoms with Gasteiger partial charge in [-0.1, -0.05) is 95.3 Å². The Labute approximate surface area is 152 Å². The van der Waals surface area contributed by atoms with Crippen LogP contribution in [0.15, 0.2) is 66.3 Å². The molecule has 2 aliphatic rings. The van der Waals surface area contributed by atoms with Gasteiger partial charge >= 0.3 is 0 Å². The lowest BCUT2D eigenvalue weighted by molar-refractivity contribution is 0.440. The average molecular weight is 328 g/mol. The van der Waals surface area contributed by atoms with Crippen LogP contribution in [0.5, 0.6) is 0 Å². The third-order valence-electron chi connectivity index (χ3n) is 6.09. The van der Waals surface area contributed by atoms with Crippen molar-refractivity contribution in [1.82, 2.24) is 0 Å². The van der Waals surface area contributed by atoms with Crippen LogP contribution >= 0.6 is 0 Å². The molecule has 0 nitrogen and oxygen atoms in total. The van der Waals surface area contributed by atoms with Gasteiger partial charge in [0.15, 0.2) is 0 Å². The fraction of sp³-hybridized carbons (Fsp3) is 0.360. The molecule has 0 heterocycles. The van der Waals surface area contributed by atoms with Gasteiger partial charge in [0.25, 0.3) is 0 Å². The van der Waals surface area contributed by atoms with E-state index in [-0.39, 0.29) is 10.8 Å². The summed E-state index contributed by atoms with van der Waals surface area (Å²) in [5.41, 5.74) is 9.12. The Kier molecular flexibility index (Phi) is 3.58. The van der Waals surface area contributed by atoms with Crippen LogP contribution in [0.25, 0.3) is 11.1 Å². The highest BCUT2D eigenvalue weighted by Crippen LogP contribution is 2.46. The van der Waals surface area contributed by atoms with Crippen LogP contribution < -0.4 is 0 Å². The zero-order chi connectivity index (χ0) is 17.8. The predicted octanol–water partition coefficient (Wildman–Crippen LogP) is 6.69. The summed E-state index contributed by atoms with van der Waals surface area (Å²) in [6.45, 7) is 11.7. The summed E-state index contributed by atoms with van der Waals surface area (Å²) in [5, 5.41) is 0. The molecule has 0 bridgehead atoms. The van der Waals surface area contributed by atoms with Gasteiger partial charge in [0.2, 0.25) is 0 Å². The number of benzene rings is 2. The Morgan fingerprint density at radius 3 is 2.28 bits per heavy atom. The van der Waals surface area contributed by atoms with Gasteiger partial charge in [0.1, 0.15) is 0 Å². The lowest BCUT2D eigenvalue weighted by Crippen LogP contribution is -2.27. The molecule has 0 spiro atoms. The summed E-state index contributed by atoms with van der Waals surface area (Å²) in [6.07, 6.45) is 8.30. The molecule has 128 valence electrons. The Balaban J connectivity index is 1.77. The van der Waals surface area contributed by atoms with Crippen molar-refractivity contribution < 1.29 is 0 Å². The van der Waals surface area contributed by atoms with Crippen LogP contribution in [-0.2, 0) is 11.8 Å². The van der Waals surface area contributed by atoms with Gasteiger partial charge in [0, 0.05) is 5.92 Å². The third kappa shape index (κ3) is 2.59. The van der Waals surface area contributed by atoms with E-state index in [0.717, 1.165) is 6.42 Å². The van der Waals surface area contributed by atoms with Gasteiger partial charge in [-0.3, -0.25) is 0 Å². The lowest BCUT2D eigenvalue weighted by atomic mass is 9.71. The largest absolute Gasteiger partial charge is 0.0764 e. The molecule has 0 aromatic heterocycles. The minimum Gasteiger partial charge on any atom is -0.0764 e. The Morgan fingerprint density at radius 2 is 1.56 bits per heavy atom. The zero-order valence-electron chi connectivity index (χ0n) is 16.1. The molecule has 1 atom stereocenters. The molecule has 0 saturated carbocycles. The van der Waals surface area contributed by atoms with Crippen LogP contribution in [0.3, 0.4) is 0 Å². The first-order valence-corrected chi connectivity index (χ1v) is 9.39. The Hall–Kier alpha value is -2.08. The molecule has 2 aromatic carbocycles. The summed E-state index contributed by atoms with van der Waals surface area (Å²) < 4.78 is 0. The van der Waals surface area contributed by atoms with E-state index in [0.29, 0.717) is 5.92 Å². The monoisotopic (exact) mass is 328 g/mol. The summed E-state index contributed by atoms with van der Waals surface area (Å²) in [6, 6.07) is 15.7. The van der Waals surface area contributed by atoms with Crippen molar-refractivity contribution in [3.8, 4) is 11.1 Å². The molecule has 2 aromatic rings. The van der Waals surface area contributed by atoms with E-state index < -0.39 is 0 Å². The number of fused-ring (bicyclic) bond motifs is 3. The lowest BCUT2D eigenvalue weighted by Gasteiger charge is -2.32.